The highest BCUT2D eigenvalue weighted by molar-refractivity contribution is 5.94. The van der Waals surface area contributed by atoms with Crippen LogP contribution in [0.2, 0.25) is 0 Å². The Balaban J connectivity index is 1.87. The van der Waals surface area contributed by atoms with Crippen molar-refractivity contribution < 1.29 is 4.74 Å². The summed E-state index contributed by atoms with van der Waals surface area (Å²) in [6.07, 6.45) is 5.71. The minimum atomic E-state index is -0.100. The summed E-state index contributed by atoms with van der Waals surface area (Å²) >= 11 is 0. The number of nitrogens with one attached hydrogen (secondary N) is 1. The van der Waals surface area contributed by atoms with Crippen LogP contribution < -0.4 is 10.3 Å². The summed E-state index contributed by atoms with van der Waals surface area (Å²) in [5, 5.41) is 0.984. The van der Waals surface area contributed by atoms with Crippen LogP contribution in [0, 0.1) is 0 Å². The number of hydrogen-bond acceptors (Lipinski definition) is 3. The van der Waals surface area contributed by atoms with Crippen molar-refractivity contribution in [3.8, 4) is 5.75 Å². The van der Waals surface area contributed by atoms with Gasteiger partial charge in [-0.1, -0.05) is 24.3 Å². The second kappa shape index (κ2) is 7.30. The lowest BCUT2D eigenvalue weighted by atomic mass is 9.95. The van der Waals surface area contributed by atoms with Crippen LogP contribution in [-0.4, -0.2) is 17.1 Å². The molecule has 4 rings (SSSR count). The van der Waals surface area contributed by atoms with Gasteiger partial charge in [0.05, 0.1) is 7.11 Å². The molecule has 0 spiro atoms. The van der Waals surface area contributed by atoms with Crippen LogP contribution in [0.15, 0.2) is 83.9 Å². The Kier molecular flexibility index (Phi) is 4.54. The monoisotopic (exact) mass is 354 g/mol. The van der Waals surface area contributed by atoms with Gasteiger partial charge in [0, 0.05) is 24.0 Å². The fourth-order valence-corrected chi connectivity index (χ4v) is 3.05. The molecule has 0 unspecified atom stereocenters. The number of H-pyrrole nitrogens is 1. The van der Waals surface area contributed by atoms with Crippen molar-refractivity contribution in [3.05, 3.63) is 106 Å². The quantitative estimate of drug-likeness (QED) is 0.586. The molecule has 0 atom stereocenters. The van der Waals surface area contributed by atoms with Gasteiger partial charge in [-0.25, -0.2) is 0 Å². The zero-order valence-corrected chi connectivity index (χ0v) is 14.8. The maximum Gasteiger partial charge on any atom is 0.248 e. The van der Waals surface area contributed by atoms with Crippen molar-refractivity contribution in [1.82, 2.24) is 9.97 Å². The Hall–Kier alpha value is -3.66. The second-order valence-corrected chi connectivity index (χ2v) is 6.20. The molecule has 0 bridgehead atoms. The molecular weight excluding hydrogens is 336 g/mol. The van der Waals surface area contributed by atoms with Crippen molar-refractivity contribution in [1.29, 1.82) is 0 Å². The molecule has 0 aliphatic heterocycles. The molecule has 4 aromatic rings. The van der Waals surface area contributed by atoms with Gasteiger partial charge in [-0.15, -0.1) is 0 Å². The Morgan fingerprint density at radius 3 is 2.56 bits per heavy atom. The summed E-state index contributed by atoms with van der Waals surface area (Å²) < 4.78 is 5.28. The SMILES string of the molecule is COc1ccc(/C(=C\c2cccnc2)c2ccc3[nH]c(=O)ccc3c2)cc1. The van der Waals surface area contributed by atoms with E-state index in [0.29, 0.717) is 0 Å². The molecule has 2 heterocycles. The molecule has 0 saturated heterocycles. The average Bonchev–Trinajstić information content (AvgIpc) is 2.72. The van der Waals surface area contributed by atoms with E-state index in [1.165, 1.54) is 0 Å². The largest absolute Gasteiger partial charge is 0.497 e. The smallest absolute Gasteiger partial charge is 0.248 e. The molecule has 0 radical (unpaired) electrons. The average molecular weight is 354 g/mol. The molecule has 27 heavy (non-hydrogen) atoms. The molecule has 0 saturated carbocycles. The van der Waals surface area contributed by atoms with Gasteiger partial charge in [0.15, 0.2) is 0 Å². The molecule has 0 aliphatic rings. The van der Waals surface area contributed by atoms with E-state index in [2.05, 4.69) is 22.1 Å². The number of hydrogen-bond donors (Lipinski definition) is 1. The third-order valence-electron chi connectivity index (χ3n) is 4.43. The summed E-state index contributed by atoms with van der Waals surface area (Å²) in [7, 11) is 1.66. The maximum absolute atomic E-state index is 11.5. The summed E-state index contributed by atoms with van der Waals surface area (Å²) in [5.74, 6) is 0.815. The van der Waals surface area contributed by atoms with Gasteiger partial charge in [-0.05, 0) is 70.1 Å². The van der Waals surface area contributed by atoms with Gasteiger partial charge in [-0.3, -0.25) is 9.78 Å². The lowest BCUT2D eigenvalue weighted by Crippen LogP contribution is -2.02. The number of rotatable bonds is 4. The molecule has 2 aromatic heterocycles. The molecule has 0 aliphatic carbocycles. The van der Waals surface area contributed by atoms with Crippen molar-refractivity contribution in [2.45, 2.75) is 0 Å². The fraction of sp³-hybridized carbons (Fsp3) is 0.0435. The van der Waals surface area contributed by atoms with Crippen LogP contribution in [0.25, 0.3) is 22.6 Å². The van der Waals surface area contributed by atoms with Crippen LogP contribution in [0.3, 0.4) is 0 Å². The van der Waals surface area contributed by atoms with E-state index < -0.39 is 0 Å². The Morgan fingerprint density at radius 1 is 1.00 bits per heavy atom. The van der Waals surface area contributed by atoms with E-state index in [9.17, 15) is 4.79 Å². The van der Waals surface area contributed by atoms with Crippen LogP contribution in [0.1, 0.15) is 16.7 Å². The predicted octanol–water partition coefficient (Wildman–Crippen LogP) is 4.52. The first kappa shape index (κ1) is 16.8. The highest BCUT2D eigenvalue weighted by atomic mass is 16.5. The third kappa shape index (κ3) is 3.65. The zero-order valence-electron chi connectivity index (χ0n) is 14.8. The van der Waals surface area contributed by atoms with Gasteiger partial charge in [0.2, 0.25) is 5.56 Å². The van der Waals surface area contributed by atoms with Gasteiger partial charge < -0.3 is 9.72 Å². The number of ether oxygens (including phenoxy) is 1. The zero-order chi connectivity index (χ0) is 18.6. The number of pyridine rings is 2. The van der Waals surface area contributed by atoms with E-state index >= 15 is 0 Å². The number of aromatic amines is 1. The maximum atomic E-state index is 11.5. The van der Waals surface area contributed by atoms with Crippen LogP contribution in [0.4, 0.5) is 0 Å². The molecule has 4 nitrogen and oxygen atoms in total. The Labute approximate surface area is 156 Å². The first-order chi connectivity index (χ1) is 13.2. The third-order valence-corrected chi connectivity index (χ3v) is 4.43. The minimum Gasteiger partial charge on any atom is -0.497 e. The Bertz CT molecular complexity index is 1160. The standard InChI is InChI=1S/C23H18N2O2/c1-27-20-8-4-17(5-9-20)21(13-16-3-2-12-24-15-16)18-6-10-22-19(14-18)7-11-23(26)25-22/h2-15H,1H3,(H,25,26)/b21-13+. The summed E-state index contributed by atoms with van der Waals surface area (Å²) in [6, 6.07) is 21.3. The first-order valence-electron chi connectivity index (χ1n) is 8.62. The number of aromatic nitrogens is 2. The molecule has 0 fully saturated rings. The van der Waals surface area contributed by atoms with Crippen LogP contribution in [0.5, 0.6) is 5.75 Å². The van der Waals surface area contributed by atoms with Gasteiger partial charge >= 0.3 is 0 Å². The van der Waals surface area contributed by atoms with Crippen LogP contribution in [-0.2, 0) is 0 Å². The molecular formula is C23H18N2O2. The molecule has 2 aromatic carbocycles. The van der Waals surface area contributed by atoms with Gasteiger partial charge in [0.1, 0.15) is 5.75 Å². The minimum absolute atomic E-state index is 0.100. The Morgan fingerprint density at radius 2 is 1.81 bits per heavy atom. The lowest BCUT2D eigenvalue weighted by molar-refractivity contribution is 0.415. The van der Waals surface area contributed by atoms with E-state index in [4.69, 9.17) is 4.74 Å². The van der Waals surface area contributed by atoms with E-state index in [-0.39, 0.29) is 5.56 Å². The van der Waals surface area contributed by atoms with Crippen molar-refractivity contribution in [2.24, 2.45) is 0 Å². The number of fused-ring (bicyclic) bond motifs is 1. The molecule has 1 N–H and O–H groups in total. The number of benzene rings is 2. The van der Waals surface area contributed by atoms with Crippen molar-refractivity contribution >= 4 is 22.6 Å². The molecule has 4 heteroatoms. The second-order valence-electron chi connectivity index (χ2n) is 6.20. The highest BCUT2D eigenvalue weighted by Crippen LogP contribution is 2.29. The summed E-state index contributed by atoms with van der Waals surface area (Å²) in [5.41, 5.74) is 4.94. The van der Waals surface area contributed by atoms with E-state index in [0.717, 1.165) is 38.9 Å². The fourth-order valence-electron chi connectivity index (χ4n) is 3.05. The van der Waals surface area contributed by atoms with E-state index in [1.54, 1.807) is 19.4 Å². The van der Waals surface area contributed by atoms with Gasteiger partial charge in [-0.2, -0.15) is 0 Å². The van der Waals surface area contributed by atoms with E-state index in [1.807, 2.05) is 60.8 Å². The summed E-state index contributed by atoms with van der Waals surface area (Å²) in [4.78, 5) is 18.6. The van der Waals surface area contributed by atoms with Gasteiger partial charge in [0.25, 0.3) is 0 Å². The predicted molar refractivity (Wildman–Crippen MR) is 109 cm³/mol. The molecule has 0 amide bonds. The first-order valence-corrected chi connectivity index (χ1v) is 8.62. The normalized spacial score (nSPS) is 11.5. The highest BCUT2D eigenvalue weighted by Gasteiger charge is 2.08. The topological polar surface area (TPSA) is 55.0 Å². The van der Waals surface area contributed by atoms with Crippen molar-refractivity contribution in [3.63, 3.8) is 0 Å². The molecule has 132 valence electrons. The van der Waals surface area contributed by atoms with Crippen molar-refractivity contribution in [2.75, 3.05) is 7.11 Å². The summed E-state index contributed by atoms with van der Waals surface area (Å²) in [6.45, 7) is 0. The van der Waals surface area contributed by atoms with Crippen LogP contribution >= 0.6 is 0 Å². The number of nitrogens with zero attached hydrogens (tertiary/aromatic N) is 1. The lowest BCUT2D eigenvalue weighted by Gasteiger charge is -2.11. The number of methoxy groups -OCH3 is 1.